The normalized spacial score (nSPS) is 23.9. The first-order valence-electron chi connectivity index (χ1n) is 9.25. The van der Waals surface area contributed by atoms with Gasteiger partial charge in [0.05, 0.1) is 10.6 Å². The molecule has 0 aliphatic heterocycles. The number of benzene rings is 2. The summed E-state index contributed by atoms with van der Waals surface area (Å²) in [4.78, 5) is 24.1. The molecule has 0 radical (unpaired) electrons. The van der Waals surface area contributed by atoms with Gasteiger partial charge in [0.15, 0.2) is 6.61 Å². The molecule has 0 saturated heterocycles. The number of hydrogen-bond acceptors (Lipinski definition) is 4. The highest BCUT2D eigenvalue weighted by Gasteiger charge is 2.69. The lowest BCUT2D eigenvalue weighted by atomic mass is 9.44. The summed E-state index contributed by atoms with van der Waals surface area (Å²) in [7, 11) is 0. The molecule has 29 heavy (non-hydrogen) atoms. The Labute approximate surface area is 172 Å². The molecule has 3 aliphatic rings. The average molecular weight is 419 g/mol. The van der Waals surface area contributed by atoms with E-state index in [-0.39, 0.29) is 41.0 Å². The van der Waals surface area contributed by atoms with E-state index in [1.54, 1.807) is 0 Å². The highest BCUT2D eigenvalue weighted by atomic mass is 35.5. The summed E-state index contributed by atoms with van der Waals surface area (Å²) in [6, 6.07) is 13.5. The molecule has 0 heterocycles. The van der Waals surface area contributed by atoms with Crippen LogP contribution in [0, 0.1) is 5.82 Å². The summed E-state index contributed by atoms with van der Waals surface area (Å²) in [6.07, 6.45) is 1.51. The molecule has 2 N–H and O–H groups in total. The zero-order chi connectivity index (χ0) is 20.5. The summed E-state index contributed by atoms with van der Waals surface area (Å²) in [5.41, 5.74) is 0.309. The molecule has 6 nitrogen and oxygen atoms in total. The Morgan fingerprint density at radius 2 is 1.72 bits per heavy atom. The van der Waals surface area contributed by atoms with E-state index in [0.717, 1.165) is 11.6 Å². The summed E-state index contributed by atoms with van der Waals surface area (Å²) in [5.74, 6) is -0.657. The summed E-state index contributed by atoms with van der Waals surface area (Å²) in [6.45, 7) is -0.00433. The molecule has 0 spiro atoms. The predicted molar refractivity (Wildman–Crippen MR) is 104 cm³/mol. The molecule has 2 aromatic rings. The van der Waals surface area contributed by atoms with Crippen molar-refractivity contribution >= 4 is 23.6 Å². The topological polar surface area (TPSA) is 76.7 Å². The fourth-order valence-electron chi connectivity index (χ4n) is 4.08. The first-order chi connectivity index (χ1) is 13.9. The van der Waals surface area contributed by atoms with E-state index in [1.807, 2.05) is 30.3 Å². The van der Waals surface area contributed by atoms with Gasteiger partial charge in [-0.05, 0) is 37.0 Å². The van der Waals surface area contributed by atoms with Crippen LogP contribution in [0.3, 0.4) is 0 Å². The van der Waals surface area contributed by atoms with E-state index in [9.17, 15) is 14.0 Å². The third-order valence-electron chi connectivity index (χ3n) is 5.28. The number of carbonyl (C=O) groups is 2. The highest BCUT2D eigenvalue weighted by Crippen LogP contribution is 2.60. The van der Waals surface area contributed by atoms with Crippen molar-refractivity contribution < 1.29 is 23.5 Å². The largest absolute Gasteiger partial charge is 0.484 e. The minimum Gasteiger partial charge on any atom is -0.484 e. The number of alkyl carbamates (subject to hydrolysis) is 1. The van der Waals surface area contributed by atoms with Gasteiger partial charge in [-0.2, -0.15) is 0 Å². The van der Waals surface area contributed by atoms with Crippen LogP contribution in [-0.4, -0.2) is 29.7 Å². The summed E-state index contributed by atoms with van der Waals surface area (Å²) in [5, 5.41) is 5.83. The van der Waals surface area contributed by atoms with Crippen LogP contribution in [0.15, 0.2) is 48.5 Å². The Kier molecular flexibility index (Phi) is 5.08. The first kappa shape index (κ1) is 19.5. The van der Waals surface area contributed by atoms with Gasteiger partial charge in [-0.25, -0.2) is 9.18 Å². The third-order valence-corrected chi connectivity index (χ3v) is 5.58. The number of carbonyl (C=O) groups excluding carboxylic acids is 2. The van der Waals surface area contributed by atoms with Crippen LogP contribution >= 0.6 is 11.6 Å². The van der Waals surface area contributed by atoms with E-state index >= 15 is 0 Å². The molecule has 3 fully saturated rings. The summed E-state index contributed by atoms with van der Waals surface area (Å²) < 4.78 is 23.9. The number of ether oxygens (including phenoxy) is 2. The van der Waals surface area contributed by atoms with Crippen LogP contribution in [0.2, 0.25) is 5.02 Å². The number of hydrogen-bond donors (Lipinski definition) is 2. The fraction of sp³-hybridized carbons (Fsp3) is 0.333. The summed E-state index contributed by atoms with van der Waals surface area (Å²) >= 11 is 5.61. The van der Waals surface area contributed by atoms with Crippen LogP contribution in [0.1, 0.15) is 24.8 Å². The molecule has 8 heteroatoms. The van der Waals surface area contributed by atoms with Gasteiger partial charge in [0, 0.05) is 11.6 Å². The van der Waals surface area contributed by atoms with Gasteiger partial charge in [0.25, 0.3) is 5.91 Å². The smallest absolute Gasteiger partial charge is 0.407 e. The molecule has 2 bridgehead atoms. The van der Waals surface area contributed by atoms with Crippen LogP contribution in [0.25, 0.3) is 0 Å². The number of rotatable bonds is 7. The van der Waals surface area contributed by atoms with Gasteiger partial charge >= 0.3 is 6.09 Å². The zero-order valence-electron chi connectivity index (χ0n) is 15.5. The number of nitrogens with one attached hydrogen (secondary N) is 2. The molecule has 2 aromatic carbocycles. The minimum absolute atomic E-state index is 0.00392. The second-order valence-electron chi connectivity index (χ2n) is 7.69. The number of amides is 2. The number of halogens is 2. The quantitative estimate of drug-likeness (QED) is 0.720. The van der Waals surface area contributed by atoms with Crippen LogP contribution in [0.4, 0.5) is 9.18 Å². The molecule has 0 atom stereocenters. The predicted octanol–water partition coefficient (Wildman–Crippen LogP) is 3.58. The lowest BCUT2D eigenvalue weighted by molar-refractivity contribution is -0.141. The van der Waals surface area contributed by atoms with Gasteiger partial charge < -0.3 is 20.1 Å². The van der Waals surface area contributed by atoms with Crippen molar-refractivity contribution in [1.29, 1.82) is 0 Å². The van der Waals surface area contributed by atoms with Gasteiger partial charge in [-0.3, -0.25) is 4.79 Å². The molecule has 5 rings (SSSR count). The molecular formula is C21H20ClFN2O4. The molecule has 152 valence electrons. The molecular weight excluding hydrogens is 399 g/mol. The van der Waals surface area contributed by atoms with Crippen LogP contribution < -0.4 is 15.4 Å². The molecule has 2 amide bonds. The Bertz CT molecular complexity index is 918. The maximum absolute atomic E-state index is 13.4. The molecule has 3 saturated carbocycles. The van der Waals surface area contributed by atoms with Gasteiger partial charge in [-0.15, -0.1) is 0 Å². The van der Waals surface area contributed by atoms with Crippen molar-refractivity contribution in [2.45, 2.75) is 36.9 Å². The Morgan fingerprint density at radius 1 is 1.03 bits per heavy atom. The maximum atomic E-state index is 13.4. The fourth-order valence-corrected chi connectivity index (χ4v) is 4.19. The Balaban J connectivity index is 1.17. The lowest BCUT2D eigenvalue weighted by Crippen LogP contribution is -2.84. The van der Waals surface area contributed by atoms with Crippen molar-refractivity contribution in [3.05, 3.63) is 64.9 Å². The second-order valence-corrected chi connectivity index (χ2v) is 8.10. The van der Waals surface area contributed by atoms with E-state index < -0.39 is 11.9 Å². The van der Waals surface area contributed by atoms with Gasteiger partial charge in [-0.1, -0.05) is 41.9 Å². The monoisotopic (exact) mass is 418 g/mol. The Morgan fingerprint density at radius 3 is 2.41 bits per heavy atom. The maximum Gasteiger partial charge on any atom is 0.407 e. The zero-order valence-corrected chi connectivity index (χ0v) is 16.3. The lowest BCUT2D eigenvalue weighted by Gasteiger charge is -2.70. The molecule has 0 unspecified atom stereocenters. The average Bonchev–Trinajstić information content (AvgIpc) is 2.65. The Hall–Kier alpha value is -2.80. The van der Waals surface area contributed by atoms with E-state index in [1.165, 1.54) is 12.1 Å². The molecule has 3 aliphatic carbocycles. The first-order valence-corrected chi connectivity index (χ1v) is 9.63. The third kappa shape index (κ3) is 4.29. The minimum atomic E-state index is -0.601. The highest BCUT2D eigenvalue weighted by molar-refractivity contribution is 6.30. The van der Waals surface area contributed by atoms with Crippen molar-refractivity contribution in [1.82, 2.24) is 10.6 Å². The van der Waals surface area contributed by atoms with Crippen molar-refractivity contribution in [2.24, 2.45) is 0 Å². The van der Waals surface area contributed by atoms with E-state index in [4.69, 9.17) is 21.1 Å². The van der Waals surface area contributed by atoms with Crippen LogP contribution in [-0.2, 0) is 16.1 Å². The SMILES string of the molecule is O=C(COc1ccc(Cl)c(F)c1)NC12CC(NC(=O)OCc3ccccc3)(C1)C2. The van der Waals surface area contributed by atoms with Crippen molar-refractivity contribution in [3.8, 4) is 5.75 Å². The van der Waals surface area contributed by atoms with Gasteiger partial charge in [0.1, 0.15) is 18.2 Å². The van der Waals surface area contributed by atoms with E-state index in [2.05, 4.69) is 10.6 Å². The van der Waals surface area contributed by atoms with Crippen molar-refractivity contribution in [3.63, 3.8) is 0 Å². The molecule has 0 aromatic heterocycles. The van der Waals surface area contributed by atoms with Gasteiger partial charge in [0.2, 0.25) is 0 Å². The van der Waals surface area contributed by atoms with Crippen LogP contribution in [0.5, 0.6) is 5.75 Å². The van der Waals surface area contributed by atoms with E-state index in [0.29, 0.717) is 19.3 Å². The van der Waals surface area contributed by atoms with Crippen molar-refractivity contribution in [2.75, 3.05) is 6.61 Å². The standard InChI is InChI=1S/C21H20ClFN2O4/c22-16-7-6-15(8-17(16)23)28-10-18(26)24-20-11-21(12-20,13-20)25-19(27)29-9-14-4-2-1-3-5-14/h1-8H,9-13H2,(H,24,26)(H,25,27). The second kappa shape index (κ2) is 7.55.